The van der Waals surface area contributed by atoms with Gasteiger partial charge >= 0.3 is 12.1 Å². The van der Waals surface area contributed by atoms with Crippen LogP contribution in [0.15, 0.2) is 0 Å². The summed E-state index contributed by atoms with van der Waals surface area (Å²) in [5.74, 6) is -1.11. The number of ether oxygens (including phenoxy) is 1. The van der Waals surface area contributed by atoms with E-state index in [9.17, 15) is 9.59 Å². The summed E-state index contributed by atoms with van der Waals surface area (Å²) in [7, 11) is 0. The molecule has 6 nitrogen and oxygen atoms in total. The Balaban J connectivity index is 1.72. The first kappa shape index (κ1) is 14.1. The molecule has 19 heavy (non-hydrogen) atoms. The number of rotatable bonds is 3. The molecule has 2 aliphatic heterocycles. The number of piperidine rings is 2. The SMILES string of the molecule is O=C(O)COC(=O)N1CCC(N2CCCCC2)CC1. The van der Waals surface area contributed by atoms with Crippen LogP contribution in [0.3, 0.4) is 0 Å². The van der Waals surface area contributed by atoms with Crippen molar-refractivity contribution >= 4 is 12.1 Å². The summed E-state index contributed by atoms with van der Waals surface area (Å²) < 4.78 is 4.70. The lowest BCUT2D eigenvalue weighted by atomic mass is 10.0. The highest BCUT2D eigenvalue weighted by atomic mass is 16.6. The predicted octanol–water partition coefficient (Wildman–Crippen LogP) is 1.16. The topological polar surface area (TPSA) is 70.1 Å². The van der Waals surface area contributed by atoms with Crippen LogP contribution in [0.25, 0.3) is 0 Å². The van der Waals surface area contributed by atoms with Gasteiger partial charge in [0.15, 0.2) is 6.61 Å². The molecule has 0 aromatic rings. The molecule has 0 spiro atoms. The van der Waals surface area contributed by atoms with Gasteiger partial charge in [0.05, 0.1) is 0 Å². The zero-order chi connectivity index (χ0) is 13.7. The van der Waals surface area contributed by atoms with Crippen molar-refractivity contribution < 1.29 is 19.4 Å². The van der Waals surface area contributed by atoms with Crippen LogP contribution < -0.4 is 0 Å². The molecule has 0 bridgehead atoms. The van der Waals surface area contributed by atoms with E-state index in [1.54, 1.807) is 4.90 Å². The molecular formula is C13H22N2O4. The molecule has 2 rings (SSSR count). The standard InChI is InChI=1S/C13H22N2O4/c16-12(17)10-19-13(18)15-8-4-11(5-9-15)14-6-2-1-3-7-14/h11H,1-10H2,(H,16,17). The second-order valence-corrected chi connectivity index (χ2v) is 5.26. The van der Waals surface area contributed by atoms with Gasteiger partial charge in [-0.25, -0.2) is 9.59 Å². The first-order valence-electron chi connectivity index (χ1n) is 7.04. The molecular weight excluding hydrogens is 248 g/mol. The lowest BCUT2D eigenvalue weighted by Gasteiger charge is -2.39. The molecule has 2 aliphatic rings. The number of carboxylic acids is 1. The Morgan fingerprint density at radius 1 is 1.05 bits per heavy atom. The van der Waals surface area contributed by atoms with E-state index in [4.69, 9.17) is 9.84 Å². The van der Waals surface area contributed by atoms with E-state index in [0.29, 0.717) is 19.1 Å². The van der Waals surface area contributed by atoms with Gasteiger partial charge in [-0.3, -0.25) is 0 Å². The molecule has 0 aromatic carbocycles. The third-order valence-electron chi connectivity index (χ3n) is 3.95. The molecule has 0 atom stereocenters. The van der Waals surface area contributed by atoms with E-state index in [2.05, 4.69) is 4.90 Å². The Bertz CT molecular complexity index is 321. The third kappa shape index (κ3) is 4.09. The summed E-state index contributed by atoms with van der Waals surface area (Å²) in [4.78, 5) is 26.1. The molecule has 1 amide bonds. The Labute approximate surface area is 113 Å². The lowest BCUT2D eigenvalue weighted by Crippen LogP contribution is -2.48. The number of carbonyl (C=O) groups is 2. The quantitative estimate of drug-likeness (QED) is 0.833. The zero-order valence-corrected chi connectivity index (χ0v) is 11.2. The van der Waals surface area contributed by atoms with E-state index in [1.807, 2.05) is 0 Å². The van der Waals surface area contributed by atoms with Crippen molar-refractivity contribution in [1.82, 2.24) is 9.80 Å². The molecule has 108 valence electrons. The molecule has 0 saturated carbocycles. The Kier molecular flexibility index (Phi) is 5.01. The Hall–Kier alpha value is -1.30. The van der Waals surface area contributed by atoms with Crippen molar-refractivity contribution in [2.75, 3.05) is 32.8 Å². The Morgan fingerprint density at radius 3 is 2.26 bits per heavy atom. The minimum atomic E-state index is -1.11. The van der Waals surface area contributed by atoms with Crippen molar-refractivity contribution in [2.45, 2.75) is 38.1 Å². The molecule has 1 N–H and O–H groups in total. The van der Waals surface area contributed by atoms with Gasteiger partial charge in [0.25, 0.3) is 0 Å². The number of nitrogens with zero attached hydrogens (tertiary/aromatic N) is 2. The van der Waals surface area contributed by atoms with Crippen LogP contribution in [0.1, 0.15) is 32.1 Å². The second kappa shape index (κ2) is 6.75. The van der Waals surface area contributed by atoms with Crippen LogP contribution in [0.5, 0.6) is 0 Å². The van der Waals surface area contributed by atoms with E-state index >= 15 is 0 Å². The van der Waals surface area contributed by atoms with Crippen LogP contribution in [-0.2, 0) is 9.53 Å². The highest BCUT2D eigenvalue weighted by Crippen LogP contribution is 2.21. The molecule has 2 fully saturated rings. The number of hydrogen-bond donors (Lipinski definition) is 1. The van der Waals surface area contributed by atoms with Gasteiger partial charge in [0.1, 0.15) is 0 Å². The van der Waals surface area contributed by atoms with Crippen molar-refractivity contribution in [3.63, 3.8) is 0 Å². The van der Waals surface area contributed by atoms with Gasteiger partial charge < -0.3 is 19.6 Å². The van der Waals surface area contributed by atoms with Gasteiger partial charge in [-0.15, -0.1) is 0 Å². The summed E-state index contributed by atoms with van der Waals surface area (Å²) >= 11 is 0. The molecule has 2 saturated heterocycles. The van der Waals surface area contributed by atoms with E-state index < -0.39 is 18.7 Å². The van der Waals surface area contributed by atoms with Gasteiger partial charge in [-0.1, -0.05) is 6.42 Å². The van der Waals surface area contributed by atoms with Gasteiger partial charge in [0.2, 0.25) is 0 Å². The minimum Gasteiger partial charge on any atom is -0.479 e. The molecule has 2 heterocycles. The second-order valence-electron chi connectivity index (χ2n) is 5.26. The van der Waals surface area contributed by atoms with Crippen molar-refractivity contribution in [3.05, 3.63) is 0 Å². The number of carbonyl (C=O) groups excluding carboxylic acids is 1. The molecule has 6 heteroatoms. The maximum Gasteiger partial charge on any atom is 0.410 e. The fourth-order valence-corrected chi connectivity index (χ4v) is 2.91. The van der Waals surface area contributed by atoms with E-state index in [-0.39, 0.29) is 0 Å². The number of carboxylic acid groups (broad SMARTS) is 1. The van der Waals surface area contributed by atoms with Gasteiger partial charge in [-0.05, 0) is 38.8 Å². The van der Waals surface area contributed by atoms with E-state index in [1.165, 1.54) is 32.4 Å². The van der Waals surface area contributed by atoms with Crippen LogP contribution in [-0.4, -0.2) is 65.8 Å². The van der Waals surface area contributed by atoms with Crippen LogP contribution >= 0.6 is 0 Å². The number of aliphatic carboxylic acids is 1. The highest BCUT2D eigenvalue weighted by Gasteiger charge is 2.28. The fraction of sp³-hybridized carbons (Fsp3) is 0.846. The first-order chi connectivity index (χ1) is 9.16. The molecule has 0 radical (unpaired) electrons. The number of amides is 1. The number of hydrogen-bond acceptors (Lipinski definition) is 4. The largest absolute Gasteiger partial charge is 0.479 e. The maximum atomic E-state index is 11.6. The van der Waals surface area contributed by atoms with Crippen LogP contribution in [0, 0.1) is 0 Å². The van der Waals surface area contributed by atoms with Crippen molar-refractivity contribution in [3.8, 4) is 0 Å². The summed E-state index contributed by atoms with van der Waals surface area (Å²) in [5.41, 5.74) is 0. The van der Waals surface area contributed by atoms with Gasteiger partial charge in [0, 0.05) is 19.1 Å². The van der Waals surface area contributed by atoms with Crippen molar-refractivity contribution in [1.29, 1.82) is 0 Å². The minimum absolute atomic E-state index is 0.500. The number of likely N-dealkylation sites (tertiary alicyclic amines) is 2. The van der Waals surface area contributed by atoms with Crippen LogP contribution in [0.4, 0.5) is 4.79 Å². The summed E-state index contributed by atoms with van der Waals surface area (Å²) in [6.45, 7) is 3.13. The zero-order valence-electron chi connectivity index (χ0n) is 11.2. The monoisotopic (exact) mass is 270 g/mol. The van der Waals surface area contributed by atoms with Crippen molar-refractivity contribution in [2.24, 2.45) is 0 Å². The molecule has 0 aliphatic carbocycles. The smallest absolute Gasteiger partial charge is 0.410 e. The highest BCUT2D eigenvalue weighted by molar-refractivity contribution is 5.74. The normalized spacial score (nSPS) is 22.2. The average molecular weight is 270 g/mol. The van der Waals surface area contributed by atoms with Crippen LogP contribution in [0.2, 0.25) is 0 Å². The predicted molar refractivity (Wildman–Crippen MR) is 69.0 cm³/mol. The summed E-state index contributed by atoms with van der Waals surface area (Å²) in [6.07, 6.45) is 5.31. The summed E-state index contributed by atoms with van der Waals surface area (Å²) in [5, 5.41) is 8.47. The third-order valence-corrected chi connectivity index (χ3v) is 3.95. The lowest BCUT2D eigenvalue weighted by molar-refractivity contribution is -0.140. The van der Waals surface area contributed by atoms with E-state index in [0.717, 1.165) is 12.8 Å². The Morgan fingerprint density at radius 2 is 1.68 bits per heavy atom. The molecule has 0 aromatic heterocycles. The first-order valence-corrected chi connectivity index (χ1v) is 7.04. The van der Waals surface area contributed by atoms with Gasteiger partial charge in [-0.2, -0.15) is 0 Å². The fourth-order valence-electron chi connectivity index (χ4n) is 2.91. The maximum absolute atomic E-state index is 11.6. The summed E-state index contributed by atoms with van der Waals surface area (Å²) in [6, 6.07) is 0.573. The average Bonchev–Trinajstić information content (AvgIpc) is 2.46. The molecule has 0 unspecified atom stereocenters.